The number of carbonyl (C=O) groups is 1. The highest BCUT2D eigenvalue weighted by atomic mass is 16.5. The lowest BCUT2D eigenvalue weighted by Crippen LogP contribution is -2.38. The second-order valence-electron chi connectivity index (χ2n) is 5.10. The molecule has 1 aromatic heterocycles. The lowest BCUT2D eigenvalue weighted by Gasteiger charge is -2.26. The smallest absolute Gasteiger partial charge is 0.328 e. The van der Waals surface area contributed by atoms with Crippen LogP contribution in [-0.4, -0.2) is 36.3 Å². The van der Waals surface area contributed by atoms with Gasteiger partial charge in [0.1, 0.15) is 6.04 Å². The van der Waals surface area contributed by atoms with Crippen molar-refractivity contribution in [2.45, 2.75) is 45.8 Å². The molecule has 110 valence electrons. The summed E-state index contributed by atoms with van der Waals surface area (Å²) in [5, 5.41) is 0. The Bertz CT molecular complexity index is 462. The summed E-state index contributed by atoms with van der Waals surface area (Å²) in [6.45, 7) is 6.98. The number of ether oxygens (including phenoxy) is 2. The highest BCUT2D eigenvalue weighted by Gasteiger charge is 2.34. The Labute approximate surface area is 119 Å². The molecule has 0 aliphatic carbocycles. The first-order valence-electron chi connectivity index (χ1n) is 7.18. The van der Waals surface area contributed by atoms with Gasteiger partial charge in [0.25, 0.3) is 0 Å². The number of esters is 1. The summed E-state index contributed by atoms with van der Waals surface area (Å²) in [6, 6.07) is 3.49. The van der Waals surface area contributed by atoms with Crippen LogP contribution in [0.25, 0.3) is 0 Å². The molecule has 0 aromatic carbocycles. The fraction of sp³-hybridized carbons (Fsp3) is 0.600. The largest absolute Gasteiger partial charge is 0.487 e. The van der Waals surface area contributed by atoms with Crippen molar-refractivity contribution in [1.82, 2.24) is 4.98 Å². The number of nitrogens with zero attached hydrogens (tertiary/aromatic N) is 2. The minimum atomic E-state index is -0.251. The molecule has 2 heterocycles. The Morgan fingerprint density at radius 1 is 1.55 bits per heavy atom. The van der Waals surface area contributed by atoms with Crippen molar-refractivity contribution in [2.24, 2.45) is 0 Å². The van der Waals surface area contributed by atoms with Crippen LogP contribution in [0.15, 0.2) is 18.3 Å². The predicted octanol–water partition coefficient (Wildman–Crippen LogP) is 2.40. The molecule has 1 aromatic rings. The summed E-state index contributed by atoms with van der Waals surface area (Å²) in [4.78, 5) is 18.4. The van der Waals surface area contributed by atoms with E-state index in [1.54, 1.807) is 6.20 Å². The van der Waals surface area contributed by atoms with Gasteiger partial charge in [0.15, 0.2) is 11.6 Å². The van der Waals surface area contributed by atoms with Crippen LogP contribution in [0.3, 0.4) is 0 Å². The zero-order valence-corrected chi connectivity index (χ0v) is 12.3. The van der Waals surface area contributed by atoms with Crippen LogP contribution in [0.1, 0.15) is 33.6 Å². The van der Waals surface area contributed by atoms with Gasteiger partial charge in [-0.25, -0.2) is 9.78 Å². The number of pyridine rings is 1. The van der Waals surface area contributed by atoms with E-state index in [2.05, 4.69) is 4.98 Å². The fourth-order valence-corrected chi connectivity index (χ4v) is 2.45. The second-order valence-corrected chi connectivity index (χ2v) is 5.10. The molecular formula is C15H22N2O3. The van der Waals surface area contributed by atoms with Gasteiger partial charge < -0.3 is 14.4 Å². The van der Waals surface area contributed by atoms with Gasteiger partial charge in [-0.05, 0) is 45.7 Å². The molecule has 20 heavy (non-hydrogen) atoms. The zero-order valence-electron chi connectivity index (χ0n) is 12.3. The Kier molecular flexibility index (Phi) is 4.82. The molecule has 0 N–H and O–H groups in total. The van der Waals surface area contributed by atoms with Crippen molar-refractivity contribution in [1.29, 1.82) is 0 Å². The fourth-order valence-electron chi connectivity index (χ4n) is 2.45. The topological polar surface area (TPSA) is 51.7 Å². The summed E-state index contributed by atoms with van der Waals surface area (Å²) >= 11 is 0. The molecule has 1 aliphatic heterocycles. The number of rotatable bonds is 5. The number of hydrogen-bond acceptors (Lipinski definition) is 5. The summed E-state index contributed by atoms with van der Waals surface area (Å²) in [6.07, 6.45) is 3.56. The summed E-state index contributed by atoms with van der Waals surface area (Å²) in [5.41, 5.74) is 0. The third-order valence-corrected chi connectivity index (χ3v) is 3.20. The molecule has 2 rings (SSSR count). The normalized spacial score (nSPS) is 18.4. The quantitative estimate of drug-likeness (QED) is 0.774. The van der Waals surface area contributed by atoms with Crippen LogP contribution in [0.5, 0.6) is 5.75 Å². The molecule has 0 saturated carbocycles. The number of hydrogen-bond donors (Lipinski definition) is 0. The van der Waals surface area contributed by atoms with E-state index in [4.69, 9.17) is 9.47 Å². The molecular weight excluding hydrogens is 256 g/mol. The van der Waals surface area contributed by atoms with E-state index >= 15 is 0 Å². The van der Waals surface area contributed by atoms with E-state index in [1.165, 1.54) is 0 Å². The van der Waals surface area contributed by atoms with Gasteiger partial charge in [-0.2, -0.15) is 0 Å². The van der Waals surface area contributed by atoms with Crippen LogP contribution in [-0.2, 0) is 9.53 Å². The molecule has 1 fully saturated rings. The monoisotopic (exact) mass is 278 g/mol. The van der Waals surface area contributed by atoms with Gasteiger partial charge in [0, 0.05) is 12.7 Å². The van der Waals surface area contributed by atoms with Crippen molar-refractivity contribution >= 4 is 11.8 Å². The van der Waals surface area contributed by atoms with Crippen LogP contribution < -0.4 is 9.64 Å². The van der Waals surface area contributed by atoms with Gasteiger partial charge in [0.05, 0.1) is 12.7 Å². The van der Waals surface area contributed by atoms with Crippen molar-refractivity contribution < 1.29 is 14.3 Å². The SMILES string of the molecule is CCOC(=O)C1CCCN1c1ncccc1OC(C)C. The van der Waals surface area contributed by atoms with Crippen LogP contribution in [0, 0.1) is 0 Å². The maximum Gasteiger partial charge on any atom is 0.328 e. The molecule has 1 unspecified atom stereocenters. The Morgan fingerprint density at radius 3 is 3.05 bits per heavy atom. The molecule has 0 radical (unpaired) electrons. The molecule has 0 spiro atoms. The Morgan fingerprint density at radius 2 is 2.35 bits per heavy atom. The maximum absolute atomic E-state index is 12.0. The van der Waals surface area contributed by atoms with Crippen LogP contribution in [0.4, 0.5) is 5.82 Å². The second kappa shape index (κ2) is 6.59. The van der Waals surface area contributed by atoms with E-state index in [0.717, 1.165) is 31.0 Å². The third kappa shape index (κ3) is 3.21. The van der Waals surface area contributed by atoms with Crippen molar-refractivity contribution in [2.75, 3.05) is 18.1 Å². The first-order chi connectivity index (χ1) is 9.63. The lowest BCUT2D eigenvalue weighted by molar-refractivity contribution is -0.144. The highest BCUT2D eigenvalue weighted by Crippen LogP contribution is 2.32. The number of carbonyl (C=O) groups excluding carboxylic acids is 1. The Balaban J connectivity index is 2.23. The van der Waals surface area contributed by atoms with Gasteiger partial charge in [-0.3, -0.25) is 0 Å². The first-order valence-corrected chi connectivity index (χ1v) is 7.18. The molecule has 5 heteroatoms. The van der Waals surface area contributed by atoms with E-state index in [0.29, 0.717) is 6.61 Å². The average Bonchev–Trinajstić information content (AvgIpc) is 2.88. The average molecular weight is 278 g/mol. The molecule has 0 amide bonds. The van der Waals surface area contributed by atoms with Crippen LogP contribution >= 0.6 is 0 Å². The number of aromatic nitrogens is 1. The molecule has 1 saturated heterocycles. The minimum Gasteiger partial charge on any atom is -0.487 e. The van der Waals surface area contributed by atoms with Gasteiger partial charge in [-0.1, -0.05) is 0 Å². The standard InChI is InChI=1S/C15H22N2O3/c1-4-19-15(18)12-7-6-10-17(12)14-13(20-11(2)3)8-5-9-16-14/h5,8-9,11-12H,4,6-7,10H2,1-3H3. The van der Waals surface area contributed by atoms with Gasteiger partial charge in [0.2, 0.25) is 0 Å². The van der Waals surface area contributed by atoms with Gasteiger partial charge in [-0.15, -0.1) is 0 Å². The van der Waals surface area contributed by atoms with E-state index in [-0.39, 0.29) is 18.1 Å². The first kappa shape index (κ1) is 14.6. The summed E-state index contributed by atoms with van der Waals surface area (Å²) in [5.74, 6) is 1.28. The molecule has 1 aliphatic rings. The zero-order chi connectivity index (χ0) is 14.5. The Hall–Kier alpha value is -1.78. The third-order valence-electron chi connectivity index (χ3n) is 3.20. The van der Waals surface area contributed by atoms with Crippen molar-refractivity contribution in [3.8, 4) is 5.75 Å². The molecule has 0 bridgehead atoms. The predicted molar refractivity (Wildman–Crippen MR) is 77.0 cm³/mol. The lowest BCUT2D eigenvalue weighted by atomic mass is 10.2. The summed E-state index contributed by atoms with van der Waals surface area (Å²) < 4.78 is 10.9. The van der Waals surface area contributed by atoms with Crippen LogP contribution in [0.2, 0.25) is 0 Å². The molecule has 1 atom stereocenters. The van der Waals surface area contributed by atoms with Crippen molar-refractivity contribution in [3.05, 3.63) is 18.3 Å². The van der Waals surface area contributed by atoms with E-state index in [1.807, 2.05) is 37.8 Å². The van der Waals surface area contributed by atoms with E-state index in [9.17, 15) is 4.79 Å². The minimum absolute atomic E-state index is 0.0709. The maximum atomic E-state index is 12.0. The summed E-state index contributed by atoms with van der Waals surface area (Å²) in [7, 11) is 0. The molecule has 5 nitrogen and oxygen atoms in total. The number of anilines is 1. The van der Waals surface area contributed by atoms with Crippen molar-refractivity contribution in [3.63, 3.8) is 0 Å². The highest BCUT2D eigenvalue weighted by molar-refractivity contribution is 5.81. The van der Waals surface area contributed by atoms with E-state index < -0.39 is 0 Å². The van der Waals surface area contributed by atoms with Gasteiger partial charge >= 0.3 is 5.97 Å².